The van der Waals surface area contributed by atoms with E-state index in [9.17, 15) is 13.2 Å². The van der Waals surface area contributed by atoms with Crippen LogP contribution < -0.4 is 4.31 Å². The summed E-state index contributed by atoms with van der Waals surface area (Å²) in [6.07, 6.45) is -0.763. The van der Waals surface area contributed by atoms with Gasteiger partial charge in [0, 0.05) is 14.0 Å². The highest BCUT2D eigenvalue weighted by Crippen LogP contribution is 2.23. The van der Waals surface area contributed by atoms with Gasteiger partial charge in [-0.25, -0.2) is 13.2 Å². The molecule has 9 heteroatoms. The zero-order valence-electron chi connectivity index (χ0n) is 15.6. The average Bonchev–Trinajstić information content (AvgIpc) is 3.14. The monoisotopic (exact) mass is 401 g/mol. The third-order valence-corrected chi connectivity index (χ3v) is 5.80. The largest absolute Gasteiger partial charge is 0.449 e. The van der Waals surface area contributed by atoms with Gasteiger partial charge in [0.2, 0.25) is 5.89 Å². The number of sulfonamides is 1. The Morgan fingerprint density at radius 1 is 1.11 bits per heavy atom. The van der Waals surface area contributed by atoms with Gasteiger partial charge in [0.1, 0.15) is 0 Å². The van der Waals surface area contributed by atoms with Gasteiger partial charge in [-0.1, -0.05) is 24.3 Å². The summed E-state index contributed by atoms with van der Waals surface area (Å²) in [5.41, 5.74) is 0.612. The van der Waals surface area contributed by atoms with Crippen LogP contribution in [0.25, 0.3) is 0 Å². The van der Waals surface area contributed by atoms with Gasteiger partial charge in [0.05, 0.1) is 16.1 Å². The molecule has 0 saturated carbocycles. The van der Waals surface area contributed by atoms with Crippen LogP contribution in [0.5, 0.6) is 0 Å². The van der Waals surface area contributed by atoms with Gasteiger partial charge in [0.25, 0.3) is 15.9 Å². The van der Waals surface area contributed by atoms with Crippen molar-refractivity contribution in [2.24, 2.45) is 0 Å². The van der Waals surface area contributed by atoms with E-state index in [1.165, 1.54) is 31.3 Å². The minimum Gasteiger partial charge on any atom is -0.449 e. The Morgan fingerprint density at radius 2 is 1.82 bits per heavy atom. The number of rotatable bonds is 6. The molecule has 0 bridgehead atoms. The summed E-state index contributed by atoms with van der Waals surface area (Å²) < 4.78 is 37.5. The van der Waals surface area contributed by atoms with Crippen LogP contribution in [0, 0.1) is 6.92 Å². The van der Waals surface area contributed by atoms with E-state index in [-0.39, 0.29) is 16.3 Å². The van der Waals surface area contributed by atoms with Crippen LogP contribution in [0.4, 0.5) is 5.69 Å². The number of aryl methyl sites for hydroxylation is 1. The molecule has 1 unspecified atom stereocenters. The number of hydrogen-bond acceptors (Lipinski definition) is 7. The molecule has 0 aliphatic heterocycles. The van der Waals surface area contributed by atoms with Gasteiger partial charge in [-0.2, -0.15) is 0 Å². The van der Waals surface area contributed by atoms with Crippen molar-refractivity contribution >= 4 is 21.7 Å². The number of aromatic nitrogens is 2. The number of nitrogens with zero attached hydrogens (tertiary/aromatic N) is 3. The number of hydrogen-bond donors (Lipinski definition) is 0. The molecule has 8 nitrogen and oxygen atoms in total. The topological polar surface area (TPSA) is 103 Å². The van der Waals surface area contributed by atoms with Crippen molar-refractivity contribution in [2.45, 2.75) is 24.8 Å². The Labute approximate surface area is 162 Å². The number of para-hydroxylation sites is 1. The molecule has 2 aromatic carbocycles. The quantitative estimate of drug-likeness (QED) is 0.585. The standard InChI is InChI=1S/C19H19N3O5S/c1-13(18-21-20-14(2)27-18)26-19(23)15-8-7-11-17(12-15)28(24,25)22(3)16-9-5-4-6-10-16/h4-13H,1-3H3. The van der Waals surface area contributed by atoms with E-state index in [1.54, 1.807) is 44.2 Å². The molecule has 0 amide bonds. The predicted molar refractivity (Wildman–Crippen MR) is 101 cm³/mol. The fourth-order valence-electron chi connectivity index (χ4n) is 2.47. The zero-order chi connectivity index (χ0) is 20.3. The van der Waals surface area contributed by atoms with Crippen LogP contribution in [0.3, 0.4) is 0 Å². The molecule has 28 heavy (non-hydrogen) atoms. The first-order valence-corrected chi connectivity index (χ1v) is 9.88. The van der Waals surface area contributed by atoms with Gasteiger partial charge in [0.15, 0.2) is 6.10 Å². The molecule has 1 atom stereocenters. The highest BCUT2D eigenvalue weighted by molar-refractivity contribution is 7.92. The lowest BCUT2D eigenvalue weighted by Crippen LogP contribution is -2.26. The van der Waals surface area contributed by atoms with Crippen molar-refractivity contribution in [3.63, 3.8) is 0 Å². The normalized spacial score (nSPS) is 12.4. The number of carbonyl (C=O) groups excluding carboxylic acids is 1. The summed E-state index contributed by atoms with van der Waals surface area (Å²) in [7, 11) is -2.39. The van der Waals surface area contributed by atoms with E-state index in [1.807, 2.05) is 0 Å². The molecular formula is C19H19N3O5S. The Hall–Kier alpha value is -3.20. The highest BCUT2D eigenvalue weighted by Gasteiger charge is 2.24. The first-order valence-electron chi connectivity index (χ1n) is 8.44. The maximum absolute atomic E-state index is 12.9. The minimum atomic E-state index is -3.84. The third kappa shape index (κ3) is 4.04. The van der Waals surface area contributed by atoms with Gasteiger partial charge in [-0.05, 0) is 37.3 Å². The first kappa shape index (κ1) is 19.6. The highest BCUT2D eigenvalue weighted by atomic mass is 32.2. The second-order valence-corrected chi connectivity index (χ2v) is 8.01. The van der Waals surface area contributed by atoms with E-state index < -0.39 is 22.1 Å². The molecule has 0 aliphatic rings. The molecule has 0 saturated heterocycles. The Balaban J connectivity index is 1.82. The van der Waals surface area contributed by atoms with Crippen molar-refractivity contribution in [2.75, 3.05) is 11.4 Å². The van der Waals surface area contributed by atoms with Crippen molar-refractivity contribution in [3.8, 4) is 0 Å². The summed E-state index contributed by atoms with van der Waals surface area (Å²) in [6, 6.07) is 14.3. The van der Waals surface area contributed by atoms with E-state index in [0.29, 0.717) is 11.6 Å². The second-order valence-electron chi connectivity index (χ2n) is 6.04. The number of carbonyl (C=O) groups is 1. The van der Waals surface area contributed by atoms with Crippen LogP contribution in [0.1, 0.15) is 35.2 Å². The van der Waals surface area contributed by atoms with Crippen LogP contribution in [0.2, 0.25) is 0 Å². The van der Waals surface area contributed by atoms with Crippen LogP contribution in [-0.4, -0.2) is 31.6 Å². The Morgan fingerprint density at radius 3 is 2.46 bits per heavy atom. The molecule has 0 radical (unpaired) electrons. The number of anilines is 1. The molecule has 146 valence electrons. The fourth-order valence-corrected chi connectivity index (χ4v) is 3.72. The molecule has 3 rings (SSSR count). The SMILES string of the molecule is Cc1nnc(C(C)OC(=O)c2cccc(S(=O)(=O)N(C)c3ccccc3)c2)o1. The van der Waals surface area contributed by atoms with Gasteiger partial charge in [-0.3, -0.25) is 4.31 Å². The fraction of sp³-hybridized carbons (Fsp3) is 0.211. The molecule has 1 heterocycles. The Kier molecular flexibility index (Phi) is 5.46. The summed E-state index contributed by atoms with van der Waals surface area (Å²) >= 11 is 0. The summed E-state index contributed by atoms with van der Waals surface area (Å²) in [6.45, 7) is 3.22. The van der Waals surface area contributed by atoms with E-state index in [0.717, 1.165) is 4.31 Å². The second kappa shape index (κ2) is 7.81. The van der Waals surface area contributed by atoms with Gasteiger partial charge >= 0.3 is 5.97 Å². The number of esters is 1. The summed E-state index contributed by atoms with van der Waals surface area (Å²) in [4.78, 5) is 12.4. The molecule has 0 N–H and O–H groups in total. The molecule has 0 fully saturated rings. The maximum Gasteiger partial charge on any atom is 0.338 e. The van der Waals surface area contributed by atoms with E-state index in [2.05, 4.69) is 10.2 Å². The van der Waals surface area contributed by atoms with Gasteiger partial charge in [-0.15, -0.1) is 10.2 Å². The van der Waals surface area contributed by atoms with Gasteiger partial charge < -0.3 is 9.15 Å². The molecule has 1 aromatic heterocycles. The van der Waals surface area contributed by atoms with Crippen LogP contribution >= 0.6 is 0 Å². The lowest BCUT2D eigenvalue weighted by Gasteiger charge is -2.19. The minimum absolute atomic E-state index is 0.0189. The first-order chi connectivity index (χ1) is 13.3. The molecule has 3 aromatic rings. The Bertz CT molecular complexity index is 1080. The average molecular weight is 401 g/mol. The van der Waals surface area contributed by atoms with E-state index in [4.69, 9.17) is 9.15 Å². The smallest absolute Gasteiger partial charge is 0.338 e. The van der Waals surface area contributed by atoms with Crippen molar-refractivity contribution in [1.82, 2.24) is 10.2 Å². The molecule has 0 spiro atoms. The maximum atomic E-state index is 12.9. The summed E-state index contributed by atoms with van der Waals surface area (Å²) in [5.74, 6) is -0.170. The van der Waals surface area contributed by atoms with E-state index >= 15 is 0 Å². The number of ether oxygens (including phenoxy) is 1. The van der Waals surface area contributed by atoms with Crippen molar-refractivity contribution < 1.29 is 22.4 Å². The number of benzene rings is 2. The third-order valence-electron chi connectivity index (χ3n) is 4.02. The van der Waals surface area contributed by atoms with Crippen molar-refractivity contribution in [3.05, 3.63) is 71.9 Å². The lowest BCUT2D eigenvalue weighted by molar-refractivity contribution is 0.0276. The van der Waals surface area contributed by atoms with Crippen molar-refractivity contribution in [1.29, 1.82) is 0 Å². The molecule has 0 aliphatic carbocycles. The predicted octanol–water partition coefficient (Wildman–Crippen LogP) is 3.12. The van der Waals surface area contributed by atoms with Crippen LogP contribution in [-0.2, 0) is 14.8 Å². The van der Waals surface area contributed by atoms with Crippen LogP contribution in [0.15, 0.2) is 63.9 Å². The summed E-state index contributed by atoms with van der Waals surface area (Å²) in [5, 5.41) is 7.50. The molecular weight excluding hydrogens is 382 g/mol. The lowest BCUT2D eigenvalue weighted by atomic mass is 10.2. The zero-order valence-corrected chi connectivity index (χ0v) is 16.4.